The zero-order chi connectivity index (χ0) is 28.0. The van der Waals surface area contributed by atoms with Gasteiger partial charge in [0.05, 0.1) is 6.04 Å². The van der Waals surface area contributed by atoms with Crippen LogP contribution in [-0.2, 0) is 36.4 Å². The van der Waals surface area contributed by atoms with Crippen molar-refractivity contribution in [2.45, 2.75) is 51.7 Å². The molecule has 0 aliphatic carbocycles. The molecule has 0 bridgehead atoms. The molecule has 0 saturated carbocycles. The van der Waals surface area contributed by atoms with E-state index in [1.54, 1.807) is 4.57 Å². The van der Waals surface area contributed by atoms with E-state index >= 15 is 0 Å². The zero-order valence-corrected chi connectivity index (χ0v) is 24.0. The number of nitrogens with one attached hydrogen (secondary N) is 1. The molecule has 0 amide bonds. The first kappa shape index (κ1) is 28.5. The van der Waals surface area contributed by atoms with Gasteiger partial charge in [0.2, 0.25) is 0 Å². The van der Waals surface area contributed by atoms with Gasteiger partial charge in [-0.15, -0.1) is 4.72 Å². The molecule has 6 nitrogen and oxygen atoms in total. The van der Waals surface area contributed by atoms with Crippen LogP contribution in [0.2, 0.25) is 0 Å². The van der Waals surface area contributed by atoms with Gasteiger partial charge in [-0.1, -0.05) is 60.7 Å². The third kappa shape index (κ3) is 7.76. The lowest BCUT2D eigenvalue weighted by Gasteiger charge is -2.27. The van der Waals surface area contributed by atoms with Crippen molar-refractivity contribution in [3.05, 3.63) is 114 Å². The van der Waals surface area contributed by atoms with E-state index in [0.29, 0.717) is 18.1 Å². The van der Waals surface area contributed by atoms with Crippen LogP contribution >= 0.6 is 0 Å². The van der Waals surface area contributed by atoms with Crippen molar-refractivity contribution in [1.82, 2.24) is 9.29 Å². The first-order valence-electron chi connectivity index (χ1n) is 13.0. The fourth-order valence-corrected chi connectivity index (χ4v) is 4.80. The molecule has 1 heterocycles. The summed E-state index contributed by atoms with van der Waals surface area (Å²) in [5.41, 5.74) is 5.14. The summed E-state index contributed by atoms with van der Waals surface area (Å²) < 4.78 is 29.2. The highest BCUT2D eigenvalue weighted by Gasteiger charge is 2.28. The third-order valence-electron chi connectivity index (χ3n) is 6.28. The highest BCUT2D eigenvalue weighted by atomic mass is 32.2. The largest absolute Gasteiger partial charge is 0.598 e. The Morgan fingerprint density at radius 3 is 2.15 bits per heavy atom. The predicted molar refractivity (Wildman–Crippen MR) is 157 cm³/mol. The fraction of sp³-hybridized carbons (Fsp3) is 0.281. The van der Waals surface area contributed by atoms with Gasteiger partial charge in [-0.05, 0) is 74.2 Å². The Balaban J connectivity index is 1.60. The molecule has 204 valence electrons. The Hall–Kier alpha value is -3.52. The van der Waals surface area contributed by atoms with E-state index in [9.17, 15) is 9.35 Å². The third-order valence-corrected chi connectivity index (χ3v) is 7.96. The normalized spacial score (nSPS) is 13.1. The lowest BCUT2D eigenvalue weighted by Crippen LogP contribution is -2.40. The van der Waals surface area contributed by atoms with Gasteiger partial charge in [-0.25, -0.2) is 4.79 Å². The number of aryl methyl sites for hydroxylation is 1. The molecule has 39 heavy (non-hydrogen) atoms. The van der Waals surface area contributed by atoms with Crippen LogP contribution in [0.5, 0.6) is 5.75 Å². The van der Waals surface area contributed by atoms with E-state index in [-0.39, 0.29) is 18.6 Å². The van der Waals surface area contributed by atoms with E-state index in [0.717, 1.165) is 27.8 Å². The van der Waals surface area contributed by atoms with Crippen LogP contribution in [-0.4, -0.2) is 19.8 Å². The van der Waals surface area contributed by atoms with Gasteiger partial charge >= 0.3 is 5.97 Å². The molecule has 0 unspecified atom stereocenters. The molecule has 3 aromatic carbocycles. The van der Waals surface area contributed by atoms with Crippen molar-refractivity contribution >= 4 is 17.3 Å². The Labute approximate surface area is 234 Å². The lowest BCUT2D eigenvalue weighted by molar-refractivity contribution is 0.0461. The van der Waals surface area contributed by atoms with E-state index in [4.69, 9.17) is 9.47 Å². The van der Waals surface area contributed by atoms with Gasteiger partial charge in [0.15, 0.2) is 0 Å². The number of aromatic nitrogens is 1. The summed E-state index contributed by atoms with van der Waals surface area (Å²) in [6.07, 6.45) is 1.91. The maximum Gasteiger partial charge on any atom is 0.355 e. The maximum absolute atomic E-state index is 12.9. The fourth-order valence-electron chi connectivity index (χ4n) is 3.99. The Kier molecular flexibility index (Phi) is 9.17. The lowest BCUT2D eigenvalue weighted by atomic mass is 10.0. The number of rotatable bonds is 10. The van der Waals surface area contributed by atoms with E-state index in [1.165, 1.54) is 0 Å². The number of carbonyl (C=O) groups excluding carboxylic acids is 1. The van der Waals surface area contributed by atoms with Gasteiger partial charge in [-0.2, -0.15) is 0 Å². The second-order valence-electron chi connectivity index (χ2n) is 10.6. The number of hydrogen-bond donors (Lipinski definition) is 1. The second-order valence-corrected chi connectivity index (χ2v) is 12.6. The van der Waals surface area contributed by atoms with Gasteiger partial charge in [0, 0.05) is 30.2 Å². The summed E-state index contributed by atoms with van der Waals surface area (Å²) in [7, 11) is 1.83. The van der Waals surface area contributed by atoms with Crippen molar-refractivity contribution in [3.8, 4) is 16.9 Å². The minimum Gasteiger partial charge on any atom is -0.598 e. The number of nitrogens with zero attached hydrogens (tertiary/aromatic N) is 1. The van der Waals surface area contributed by atoms with Crippen LogP contribution in [0, 0.1) is 0 Å². The maximum atomic E-state index is 12.9. The molecule has 7 heteroatoms. The van der Waals surface area contributed by atoms with Crippen molar-refractivity contribution < 1.29 is 18.8 Å². The number of carbonyl (C=O) groups is 1. The Morgan fingerprint density at radius 1 is 0.923 bits per heavy atom. The predicted octanol–water partition coefficient (Wildman–Crippen LogP) is 6.74. The minimum atomic E-state index is -1.24. The molecule has 0 spiro atoms. The van der Waals surface area contributed by atoms with Gasteiger partial charge in [-0.3, -0.25) is 0 Å². The molecule has 1 aromatic heterocycles. The molecule has 4 aromatic rings. The van der Waals surface area contributed by atoms with Gasteiger partial charge < -0.3 is 18.6 Å². The molecule has 1 N–H and O–H groups in total. The molecule has 0 fully saturated rings. The molecule has 4 rings (SSSR count). The Bertz CT molecular complexity index is 1380. The summed E-state index contributed by atoms with van der Waals surface area (Å²) in [4.78, 5) is 12.9. The van der Waals surface area contributed by atoms with E-state index < -0.39 is 16.1 Å². The summed E-state index contributed by atoms with van der Waals surface area (Å²) in [6, 6.07) is 27.2. The number of esters is 1. The van der Waals surface area contributed by atoms with Crippen molar-refractivity contribution in [3.63, 3.8) is 0 Å². The van der Waals surface area contributed by atoms with Gasteiger partial charge in [0.25, 0.3) is 0 Å². The number of hydrogen-bond acceptors (Lipinski definition) is 5. The second kappa shape index (κ2) is 12.6. The molecular weight excluding hydrogens is 508 g/mol. The number of benzene rings is 3. The average Bonchev–Trinajstić information content (AvgIpc) is 3.32. The molecule has 2 atom stereocenters. The van der Waals surface area contributed by atoms with E-state index in [2.05, 4.69) is 4.72 Å². The Morgan fingerprint density at radius 2 is 1.54 bits per heavy atom. The van der Waals surface area contributed by atoms with Crippen LogP contribution in [0.1, 0.15) is 60.9 Å². The van der Waals surface area contributed by atoms with Crippen molar-refractivity contribution in [1.29, 1.82) is 0 Å². The molecular formula is C32H36N2O4S. The summed E-state index contributed by atoms with van der Waals surface area (Å²) >= 11 is -1.24. The highest BCUT2D eigenvalue weighted by Crippen LogP contribution is 2.31. The molecule has 0 radical (unpaired) electrons. The van der Waals surface area contributed by atoms with Gasteiger partial charge in [0.1, 0.15) is 29.4 Å². The summed E-state index contributed by atoms with van der Waals surface area (Å²) in [5.74, 6) is 0.304. The van der Waals surface area contributed by atoms with Crippen LogP contribution in [0.25, 0.3) is 11.1 Å². The highest BCUT2D eigenvalue weighted by molar-refractivity contribution is 7.90. The minimum absolute atomic E-state index is 0.192. The summed E-state index contributed by atoms with van der Waals surface area (Å²) in [6.45, 7) is 8.44. The van der Waals surface area contributed by atoms with Crippen LogP contribution in [0.15, 0.2) is 91.1 Å². The van der Waals surface area contributed by atoms with E-state index in [1.807, 2.05) is 126 Å². The topological polar surface area (TPSA) is 75.5 Å². The van der Waals surface area contributed by atoms with Crippen molar-refractivity contribution in [2.75, 3.05) is 0 Å². The smallest absolute Gasteiger partial charge is 0.355 e. The first-order chi connectivity index (χ1) is 18.6. The SMILES string of the molecule is C[C@@H](N[S@@+]([O-])C(C)(C)C)c1cc(OCc2ccccc2)cc(-c2cc(C(=O)OCc3ccccc3)n(C)c2)c1. The monoisotopic (exact) mass is 544 g/mol. The zero-order valence-electron chi connectivity index (χ0n) is 23.1. The van der Waals surface area contributed by atoms with Crippen LogP contribution in [0.3, 0.4) is 0 Å². The number of ether oxygens (including phenoxy) is 2. The molecule has 0 aliphatic rings. The average molecular weight is 545 g/mol. The summed E-state index contributed by atoms with van der Waals surface area (Å²) in [5, 5.41) is 0. The first-order valence-corrected chi connectivity index (χ1v) is 14.1. The van der Waals surface area contributed by atoms with Crippen molar-refractivity contribution in [2.24, 2.45) is 7.05 Å². The standard InChI is InChI=1S/C32H36N2O4S/c1-23(33-39(36)32(2,3)4)26-16-27(18-29(17-26)37-21-24-12-8-6-9-13-24)28-19-30(34(5)20-28)31(35)38-22-25-14-10-7-11-15-25/h6-20,23,33H,21-22H2,1-5H3/t23-,39+/m1/s1. The quantitative estimate of drug-likeness (QED) is 0.177. The van der Waals surface area contributed by atoms with Crippen LogP contribution in [0.4, 0.5) is 0 Å². The van der Waals surface area contributed by atoms with Crippen LogP contribution < -0.4 is 9.46 Å². The molecule has 0 aliphatic heterocycles. The molecule has 0 saturated heterocycles.